The first-order chi connectivity index (χ1) is 11.3. The van der Waals surface area contributed by atoms with Crippen LogP contribution < -0.4 is 5.32 Å². The van der Waals surface area contributed by atoms with Crippen LogP contribution in [0, 0.1) is 0 Å². The Morgan fingerprint density at radius 2 is 2.04 bits per heavy atom. The summed E-state index contributed by atoms with van der Waals surface area (Å²) in [5, 5.41) is 15.3. The Morgan fingerprint density at radius 1 is 1.26 bits per heavy atom. The molecule has 0 spiro atoms. The van der Waals surface area contributed by atoms with E-state index in [1.54, 1.807) is 28.8 Å². The van der Waals surface area contributed by atoms with Crippen LogP contribution in [0.15, 0.2) is 29.9 Å². The van der Waals surface area contributed by atoms with E-state index >= 15 is 0 Å². The van der Waals surface area contributed by atoms with Gasteiger partial charge in [-0.1, -0.05) is 11.8 Å². The lowest BCUT2D eigenvalue weighted by Crippen LogP contribution is -2.38. The molecule has 9 heteroatoms. The van der Waals surface area contributed by atoms with Crippen LogP contribution in [-0.2, 0) is 11.3 Å². The number of amides is 1. The van der Waals surface area contributed by atoms with Crippen LogP contribution in [0.1, 0.15) is 32.1 Å². The van der Waals surface area contributed by atoms with Crippen LogP contribution in [0.3, 0.4) is 0 Å². The molecule has 23 heavy (non-hydrogen) atoms. The van der Waals surface area contributed by atoms with E-state index in [2.05, 4.69) is 30.8 Å². The average molecular weight is 333 g/mol. The Hall–Kier alpha value is -2.03. The van der Waals surface area contributed by atoms with Crippen LogP contribution in [0.4, 0.5) is 0 Å². The van der Waals surface area contributed by atoms with Crippen molar-refractivity contribution in [1.29, 1.82) is 0 Å². The molecule has 0 saturated heterocycles. The third-order valence-electron chi connectivity index (χ3n) is 3.81. The summed E-state index contributed by atoms with van der Waals surface area (Å²) >= 11 is 1.73. The summed E-state index contributed by atoms with van der Waals surface area (Å²) in [6, 6.07) is 2.09. The van der Waals surface area contributed by atoms with Crippen LogP contribution >= 0.6 is 11.8 Å². The van der Waals surface area contributed by atoms with Gasteiger partial charge in [0, 0.05) is 30.1 Å². The molecule has 2 heterocycles. The number of thioether (sulfide) groups is 1. The fourth-order valence-corrected chi connectivity index (χ4v) is 3.67. The average Bonchev–Trinajstić information content (AvgIpc) is 3.09. The summed E-state index contributed by atoms with van der Waals surface area (Å²) in [4.78, 5) is 20.5. The molecule has 2 aromatic heterocycles. The Bertz CT molecular complexity index is 599. The largest absolute Gasteiger partial charge is 0.353 e. The fourth-order valence-electron chi connectivity index (χ4n) is 2.62. The van der Waals surface area contributed by atoms with Gasteiger partial charge in [-0.2, -0.15) is 0 Å². The minimum atomic E-state index is 0.0583. The van der Waals surface area contributed by atoms with E-state index in [0.29, 0.717) is 18.2 Å². The van der Waals surface area contributed by atoms with Gasteiger partial charge in [0.2, 0.25) is 5.91 Å². The second-order valence-electron chi connectivity index (χ2n) is 5.51. The van der Waals surface area contributed by atoms with Gasteiger partial charge in [-0.25, -0.2) is 14.6 Å². The highest BCUT2D eigenvalue weighted by molar-refractivity contribution is 7.99. The molecule has 1 N–H and O–H groups in total. The smallest absolute Gasteiger partial charge is 0.222 e. The standard InChI is InChI=1S/C14H19N7OS/c22-13(6-9-21-10-17-19-20-21)18-11-2-4-12(5-3-11)23-14-15-7-1-8-16-14/h1,7-8,10-12H,2-6,9H2,(H,18,22). The van der Waals surface area contributed by atoms with Crippen LogP contribution in [0.25, 0.3) is 0 Å². The maximum atomic E-state index is 12.0. The summed E-state index contributed by atoms with van der Waals surface area (Å²) in [7, 11) is 0. The van der Waals surface area contributed by atoms with Crippen molar-refractivity contribution in [2.45, 2.75) is 55.1 Å². The van der Waals surface area contributed by atoms with Crippen LogP contribution in [0.5, 0.6) is 0 Å². The number of hydrogen-bond acceptors (Lipinski definition) is 7. The predicted molar refractivity (Wildman–Crippen MR) is 84.5 cm³/mol. The summed E-state index contributed by atoms with van der Waals surface area (Å²) in [6.07, 6.45) is 9.60. The van der Waals surface area contributed by atoms with E-state index < -0.39 is 0 Å². The Morgan fingerprint density at radius 3 is 2.74 bits per heavy atom. The summed E-state index contributed by atoms with van der Waals surface area (Å²) in [5.74, 6) is 0.0583. The highest BCUT2D eigenvalue weighted by atomic mass is 32.2. The van der Waals surface area contributed by atoms with E-state index in [0.717, 1.165) is 30.8 Å². The van der Waals surface area contributed by atoms with E-state index in [1.807, 2.05) is 6.07 Å². The molecular formula is C14H19N7OS. The summed E-state index contributed by atoms with van der Waals surface area (Å²) < 4.78 is 1.56. The number of hydrogen-bond donors (Lipinski definition) is 1. The highest BCUT2D eigenvalue weighted by Gasteiger charge is 2.23. The monoisotopic (exact) mass is 333 g/mol. The topological polar surface area (TPSA) is 98.5 Å². The van der Waals surface area contributed by atoms with Gasteiger partial charge in [0.1, 0.15) is 6.33 Å². The SMILES string of the molecule is O=C(CCn1cnnn1)NC1CCC(Sc2ncccn2)CC1. The molecule has 1 aliphatic rings. The second kappa shape index (κ2) is 8.00. The van der Waals surface area contributed by atoms with Crippen molar-refractivity contribution in [3.8, 4) is 0 Å². The van der Waals surface area contributed by atoms with Gasteiger partial charge in [-0.05, 0) is 42.2 Å². The molecule has 0 radical (unpaired) electrons. The van der Waals surface area contributed by atoms with E-state index in [9.17, 15) is 4.79 Å². The minimum absolute atomic E-state index is 0.0583. The molecule has 0 atom stereocenters. The summed E-state index contributed by atoms with van der Waals surface area (Å²) in [6.45, 7) is 0.509. The Labute approximate surface area is 138 Å². The molecule has 1 saturated carbocycles. The Kier molecular flexibility index (Phi) is 5.51. The van der Waals surface area contributed by atoms with Crippen molar-refractivity contribution in [3.05, 3.63) is 24.8 Å². The second-order valence-corrected chi connectivity index (χ2v) is 6.78. The molecule has 1 amide bonds. The molecule has 8 nitrogen and oxygen atoms in total. The molecule has 122 valence electrons. The predicted octanol–water partition coefficient (Wildman–Crippen LogP) is 1.07. The van der Waals surface area contributed by atoms with Crippen molar-refractivity contribution in [1.82, 2.24) is 35.5 Å². The number of rotatable bonds is 6. The zero-order valence-corrected chi connectivity index (χ0v) is 13.5. The minimum Gasteiger partial charge on any atom is -0.353 e. The number of aryl methyl sites for hydroxylation is 1. The third kappa shape index (κ3) is 4.98. The lowest BCUT2D eigenvalue weighted by molar-refractivity contribution is -0.122. The first kappa shape index (κ1) is 15.9. The maximum absolute atomic E-state index is 12.0. The van der Waals surface area contributed by atoms with Crippen molar-refractivity contribution < 1.29 is 4.79 Å². The number of carbonyl (C=O) groups is 1. The molecular weight excluding hydrogens is 314 g/mol. The van der Waals surface area contributed by atoms with Crippen molar-refractivity contribution >= 4 is 17.7 Å². The normalized spacial score (nSPS) is 21.0. The van der Waals surface area contributed by atoms with Crippen LogP contribution in [0.2, 0.25) is 0 Å². The molecule has 0 unspecified atom stereocenters. The molecule has 0 aliphatic heterocycles. The van der Waals surface area contributed by atoms with Gasteiger partial charge in [-0.3, -0.25) is 4.79 Å². The van der Waals surface area contributed by atoms with Gasteiger partial charge in [0.15, 0.2) is 5.16 Å². The molecule has 0 bridgehead atoms. The van der Waals surface area contributed by atoms with E-state index in [4.69, 9.17) is 0 Å². The molecule has 0 aromatic carbocycles. The highest BCUT2D eigenvalue weighted by Crippen LogP contribution is 2.31. The van der Waals surface area contributed by atoms with Gasteiger partial charge >= 0.3 is 0 Å². The third-order valence-corrected chi connectivity index (χ3v) is 5.04. The fraction of sp³-hybridized carbons (Fsp3) is 0.571. The number of carbonyl (C=O) groups excluding carboxylic acids is 1. The lowest BCUT2D eigenvalue weighted by atomic mass is 9.95. The number of nitrogens with one attached hydrogen (secondary N) is 1. The molecule has 1 fully saturated rings. The Balaban J connectivity index is 1.36. The van der Waals surface area contributed by atoms with Crippen LogP contribution in [-0.4, -0.2) is 47.4 Å². The maximum Gasteiger partial charge on any atom is 0.222 e. The van der Waals surface area contributed by atoms with Gasteiger partial charge < -0.3 is 5.32 Å². The summed E-state index contributed by atoms with van der Waals surface area (Å²) in [5.41, 5.74) is 0. The van der Waals surface area contributed by atoms with E-state index in [-0.39, 0.29) is 11.9 Å². The molecule has 2 aromatic rings. The van der Waals surface area contributed by atoms with E-state index in [1.165, 1.54) is 6.33 Å². The lowest BCUT2D eigenvalue weighted by Gasteiger charge is -2.28. The number of nitrogens with zero attached hydrogens (tertiary/aromatic N) is 6. The van der Waals surface area contributed by atoms with Gasteiger partial charge in [0.05, 0.1) is 6.54 Å². The first-order valence-electron chi connectivity index (χ1n) is 7.73. The number of tetrazole rings is 1. The zero-order valence-electron chi connectivity index (χ0n) is 12.7. The first-order valence-corrected chi connectivity index (χ1v) is 8.61. The molecule has 1 aliphatic carbocycles. The quantitative estimate of drug-likeness (QED) is 0.790. The van der Waals surface area contributed by atoms with Crippen molar-refractivity contribution in [3.63, 3.8) is 0 Å². The van der Waals surface area contributed by atoms with Crippen molar-refractivity contribution in [2.24, 2.45) is 0 Å². The zero-order chi connectivity index (χ0) is 15.9. The number of aromatic nitrogens is 6. The molecule has 3 rings (SSSR count). The van der Waals surface area contributed by atoms with Gasteiger partial charge in [0.25, 0.3) is 0 Å². The van der Waals surface area contributed by atoms with Crippen molar-refractivity contribution in [2.75, 3.05) is 0 Å². The van der Waals surface area contributed by atoms with Gasteiger partial charge in [-0.15, -0.1) is 5.10 Å².